The quantitative estimate of drug-likeness (QED) is 0.431. The Bertz CT molecular complexity index is 1690. The van der Waals surface area contributed by atoms with E-state index >= 15 is 0 Å². The lowest BCUT2D eigenvalue weighted by atomic mass is 9.91. The van der Waals surface area contributed by atoms with Gasteiger partial charge in [0.05, 0.1) is 28.5 Å². The Morgan fingerprint density at radius 2 is 1.91 bits per heavy atom. The molecule has 2 heterocycles. The van der Waals surface area contributed by atoms with Crippen LogP contribution in [0.2, 0.25) is 0 Å². The highest BCUT2D eigenvalue weighted by molar-refractivity contribution is 7.07. The van der Waals surface area contributed by atoms with Crippen molar-refractivity contribution < 1.29 is 19.7 Å². The molecule has 1 aromatic heterocycles. The third-order valence-corrected chi connectivity index (χ3v) is 6.92. The molecule has 1 aliphatic rings. The highest BCUT2D eigenvalue weighted by Crippen LogP contribution is 2.34. The lowest BCUT2D eigenvalue weighted by Gasteiger charge is -2.25. The number of rotatable bonds is 4. The first-order valence-electron chi connectivity index (χ1n) is 11.1. The maximum Gasteiger partial charge on any atom is 0.338 e. The van der Waals surface area contributed by atoms with Gasteiger partial charge in [-0.15, -0.1) is 0 Å². The van der Waals surface area contributed by atoms with Gasteiger partial charge < -0.3 is 14.9 Å². The van der Waals surface area contributed by atoms with E-state index in [1.807, 2.05) is 42.5 Å². The minimum absolute atomic E-state index is 0.0771. The van der Waals surface area contributed by atoms with Crippen LogP contribution in [0.3, 0.4) is 0 Å². The molecule has 5 rings (SSSR count). The van der Waals surface area contributed by atoms with Gasteiger partial charge in [0.2, 0.25) is 0 Å². The summed E-state index contributed by atoms with van der Waals surface area (Å²) in [6.07, 6.45) is 1.56. The van der Waals surface area contributed by atoms with Gasteiger partial charge >= 0.3 is 5.97 Å². The van der Waals surface area contributed by atoms with E-state index < -0.39 is 12.0 Å². The molecule has 0 bridgehead atoms. The molecule has 8 heteroatoms. The zero-order chi connectivity index (χ0) is 24.7. The third-order valence-electron chi connectivity index (χ3n) is 5.94. The molecule has 4 aromatic rings. The van der Waals surface area contributed by atoms with Crippen LogP contribution >= 0.6 is 11.3 Å². The van der Waals surface area contributed by atoms with E-state index in [1.165, 1.54) is 34.1 Å². The summed E-state index contributed by atoms with van der Waals surface area (Å²) < 4.78 is 7.23. The summed E-state index contributed by atoms with van der Waals surface area (Å²) in [5, 5.41) is 21.7. The van der Waals surface area contributed by atoms with Crippen molar-refractivity contribution in [2.75, 3.05) is 6.61 Å². The minimum Gasteiger partial charge on any atom is -0.508 e. The van der Waals surface area contributed by atoms with Gasteiger partial charge in [-0.25, -0.2) is 9.79 Å². The maximum atomic E-state index is 13.7. The summed E-state index contributed by atoms with van der Waals surface area (Å²) in [6, 6.07) is 17.1. The molecular weight excluding hydrogens is 464 g/mol. The number of thiazole rings is 1. The number of allylic oxidation sites excluding steroid dienone is 1. The second kappa shape index (κ2) is 8.88. The van der Waals surface area contributed by atoms with E-state index in [2.05, 4.69) is 4.99 Å². The Hall–Kier alpha value is -4.17. The standard InChI is InChI=1S/C27H22N2O5S/c1-3-34-26(33)23-15(2)28-27-29(24(23)20-10-6-8-16-7-4-5-9-19(16)20)25(32)22(35-27)13-17-11-12-18(30)14-21(17)31/h4-14,24,30-31H,3H2,1-2H3/b22-13-. The molecule has 176 valence electrons. The van der Waals surface area contributed by atoms with Crippen molar-refractivity contribution in [1.82, 2.24) is 4.57 Å². The highest BCUT2D eigenvalue weighted by atomic mass is 32.1. The smallest absolute Gasteiger partial charge is 0.338 e. The van der Waals surface area contributed by atoms with Gasteiger partial charge in [-0.05, 0) is 48.4 Å². The molecule has 0 saturated carbocycles. The SMILES string of the molecule is CCOC(=O)C1=C(C)N=c2s/c(=C\c3ccc(O)cc3O)c(=O)n2C1c1cccc2ccccc12. The van der Waals surface area contributed by atoms with E-state index in [4.69, 9.17) is 4.74 Å². The topological polar surface area (TPSA) is 101 Å². The molecule has 0 radical (unpaired) electrons. The van der Waals surface area contributed by atoms with Crippen molar-refractivity contribution in [2.45, 2.75) is 19.9 Å². The molecule has 7 nitrogen and oxygen atoms in total. The molecule has 35 heavy (non-hydrogen) atoms. The van der Waals surface area contributed by atoms with Crippen molar-refractivity contribution in [3.8, 4) is 11.5 Å². The first-order valence-corrected chi connectivity index (χ1v) is 11.9. The molecule has 1 unspecified atom stereocenters. The zero-order valence-electron chi connectivity index (χ0n) is 19.1. The monoisotopic (exact) mass is 486 g/mol. The maximum absolute atomic E-state index is 13.7. The van der Waals surface area contributed by atoms with Gasteiger partial charge in [0.15, 0.2) is 4.80 Å². The minimum atomic E-state index is -0.730. The van der Waals surface area contributed by atoms with Gasteiger partial charge in [-0.1, -0.05) is 53.8 Å². The van der Waals surface area contributed by atoms with Crippen LogP contribution in [0.5, 0.6) is 11.5 Å². The fourth-order valence-corrected chi connectivity index (χ4v) is 5.41. The van der Waals surface area contributed by atoms with Crippen LogP contribution in [-0.4, -0.2) is 27.4 Å². The van der Waals surface area contributed by atoms with Crippen LogP contribution in [0.1, 0.15) is 31.0 Å². The predicted octanol–water partition coefficient (Wildman–Crippen LogP) is 3.36. The van der Waals surface area contributed by atoms with Gasteiger partial charge in [0.1, 0.15) is 11.5 Å². The number of carbonyl (C=O) groups is 1. The van der Waals surface area contributed by atoms with Crippen molar-refractivity contribution in [2.24, 2.45) is 4.99 Å². The molecule has 2 N–H and O–H groups in total. The molecular formula is C27H22N2O5S. The molecule has 0 spiro atoms. The number of carbonyl (C=O) groups excluding carboxylic acids is 1. The van der Waals surface area contributed by atoms with E-state index in [1.54, 1.807) is 19.9 Å². The number of aromatic hydroxyl groups is 2. The number of phenolic OH excluding ortho intramolecular Hbond substituents is 2. The van der Waals surface area contributed by atoms with E-state index in [-0.39, 0.29) is 23.7 Å². The molecule has 0 amide bonds. The molecule has 0 aliphatic carbocycles. The van der Waals surface area contributed by atoms with Crippen molar-refractivity contribution in [3.63, 3.8) is 0 Å². The normalized spacial score (nSPS) is 15.7. The number of hydrogen-bond donors (Lipinski definition) is 2. The van der Waals surface area contributed by atoms with Crippen LogP contribution in [0, 0.1) is 0 Å². The van der Waals surface area contributed by atoms with Crippen molar-refractivity contribution in [3.05, 3.63) is 103 Å². The van der Waals surface area contributed by atoms with Gasteiger partial charge in [0, 0.05) is 11.6 Å². The molecule has 3 aromatic carbocycles. The lowest BCUT2D eigenvalue weighted by molar-refractivity contribution is -0.139. The number of hydrogen-bond acceptors (Lipinski definition) is 7. The number of fused-ring (bicyclic) bond motifs is 2. The van der Waals surface area contributed by atoms with Crippen molar-refractivity contribution in [1.29, 1.82) is 0 Å². The second-order valence-corrected chi connectivity index (χ2v) is 9.12. The van der Waals surface area contributed by atoms with Gasteiger partial charge in [-0.3, -0.25) is 9.36 Å². The lowest BCUT2D eigenvalue weighted by Crippen LogP contribution is -2.40. The zero-order valence-corrected chi connectivity index (χ0v) is 19.9. The number of esters is 1. The summed E-state index contributed by atoms with van der Waals surface area (Å²) in [5.41, 5.74) is 1.64. The van der Waals surface area contributed by atoms with Crippen molar-refractivity contribution >= 4 is 34.2 Å². The fourth-order valence-electron chi connectivity index (χ4n) is 4.37. The van der Waals surface area contributed by atoms with Gasteiger partial charge in [0.25, 0.3) is 5.56 Å². The Labute approximate surface area is 204 Å². The largest absolute Gasteiger partial charge is 0.508 e. The van der Waals surface area contributed by atoms with E-state index in [0.29, 0.717) is 26.2 Å². The summed E-state index contributed by atoms with van der Waals surface area (Å²) in [7, 11) is 0. The van der Waals surface area contributed by atoms with Crippen LogP contribution in [0.25, 0.3) is 16.8 Å². The molecule has 0 fully saturated rings. The molecule has 1 aliphatic heterocycles. The predicted molar refractivity (Wildman–Crippen MR) is 134 cm³/mol. The Kier molecular flexibility index (Phi) is 5.74. The Morgan fingerprint density at radius 1 is 1.14 bits per heavy atom. The number of ether oxygens (including phenoxy) is 1. The first kappa shape index (κ1) is 22.6. The van der Waals surface area contributed by atoms with Crippen LogP contribution in [0.4, 0.5) is 0 Å². The first-order chi connectivity index (χ1) is 16.9. The average molecular weight is 487 g/mol. The third kappa shape index (κ3) is 3.91. The Balaban J connectivity index is 1.81. The number of nitrogens with zero attached hydrogens (tertiary/aromatic N) is 2. The number of phenols is 2. The fraction of sp³-hybridized carbons (Fsp3) is 0.148. The van der Waals surface area contributed by atoms with Crippen LogP contribution in [0.15, 0.2) is 81.7 Å². The highest BCUT2D eigenvalue weighted by Gasteiger charge is 2.34. The molecule has 1 atom stereocenters. The summed E-state index contributed by atoms with van der Waals surface area (Å²) in [5.74, 6) is -0.742. The summed E-state index contributed by atoms with van der Waals surface area (Å²) in [6.45, 7) is 3.68. The number of aromatic nitrogens is 1. The van der Waals surface area contributed by atoms with Crippen LogP contribution < -0.4 is 14.9 Å². The summed E-state index contributed by atoms with van der Waals surface area (Å²) in [4.78, 5) is 31.9. The summed E-state index contributed by atoms with van der Waals surface area (Å²) >= 11 is 1.17. The number of benzene rings is 3. The second-order valence-electron chi connectivity index (χ2n) is 8.11. The van der Waals surface area contributed by atoms with Gasteiger partial charge in [-0.2, -0.15) is 0 Å². The Morgan fingerprint density at radius 3 is 2.69 bits per heavy atom. The van der Waals surface area contributed by atoms with Crippen LogP contribution in [-0.2, 0) is 9.53 Å². The van der Waals surface area contributed by atoms with E-state index in [9.17, 15) is 19.8 Å². The molecule has 0 saturated heterocycles. The van der Waals surface area contributed by atoms with E-state index in [0.717, 1.165) is 16.3 Å². The average Bonchev–Trinajstić information content (AvgIpc) is 3.14.